The van der Waals surface area contributed by atoms with Gasteiger partial charge in [0.25, 0.3) is 11.6 Å². The number of nitrogens with zero attached hydrogens (tertiary/aromatic N) is 3. The lowest BCUT2D eigenvalue weighted by atomic mass is 10.0. The number of ether oxygens (including phenoxy) is 1. The zero-order valence-electron chi connectivity index (χ0n) is 16.9. The number of carbonyl (C=O) groups excluding carboxylic acids is 2. The number of halogens is 4. The van der Waals surface area contributed by atoms with Crippen LogP contribution in [0.3, 0.4) is 0 Å². The molecule has 0 unspecified atom stereocenters. The molecule has 2 aromatic rings. The molecule has 0 atom stereocenters. The molecule has 34 heavy (non-hydrogen) atoms. The minimum absolute atomic E-state index is 0.0638. The van der Waals surface area contributed by atoms with E-state index in [1.807, 2.05) is 0 Å². The lowest BCUT2D eigenvalue weighted by molar-refractivity contribution is -0.398. The molecular formula is C20H11ClF3N3O7-2. The molecule has 0 N–H and O–H groups in total. The van der Waals surface area contributed by atoms with Crippen LogP contribution in [0.4, 0.5) is 24.5 Å². The summed E-state index contributed by atoms with van der Waals surface area (Å²) >= 11 is 5.72. The molecule has 1 aliphatic heterocycles. The Balaban J connectivity index is 2.17. The first kappa shape index (κ1) is 24.5. The Morgan fingerprint density at radius 3 is 2.53 bits per heavy atom. The van der Waals surface area contributed by atoms with Gasteiger partial charge in [0.05, 0.1) is 28.8 Å². The third-order valence-corrected chi connectivity index (χ3v) is 4.76. The predicted octanol–water partition coefficient (Wildman–Crippen LogP) is 2.43. The van der Waals surface area contributed by atoms with Gasteiger partial charge in [-0.1, -0.05) is 11.6 Å². The second-order valence-electron chi connectivity index (χ2n) is 6.63. The Kier molecular flexibility index (Phi) is 6.50. The molecule has 0 aromatic heterocycles. The Morgan fingerprint density at radius 2 is 1.97 bits per heavy atom. The maximum Gasteiger partial charge on any atom is 0.435 e. The fourth-order valence-corrected chi connectivity index (χ4v) is 3.18. The highest BCUT2D eigenvalue weighted by atomic mass is 35.5. The summed E-state index contributed by atoms with van der Waals surface area (Å²) in [5.41, 5.74) is -4.86. The summed E-state index contributed by atoms with van der Waals surface area (Å²) < 4.78 is 46.0. The molecule has 3 rings (SSSR count). The van der Waals surface area contributed by atoms with Gasteiger partial charge in [-0.2, -0.15) is 23.3 Å². The Morgan fingerprint density at radius 1 is 1.29 bits per heavy atom. The van der Waals surface area contributed by atoms with Crippen molar-refractivity contribution in [2.24, 2.45) is 5.10 Å². The maximum atomic E-state index is 13.7. The first-order valence-corrected chi connectivity index (χ1v) is 9.58. The SMILES string of the molecule is CCOc1cc(/C=C2\C(=O)N(c3ccc(Cl)c(C(=O)[O-])c3)N=C2C(F)(F)F)cc([N+](=O)[O-])c1[O-]. The van der Waals surface area contributed by atoms with Gasteiger partial charge in [-0.05, 0) is 42.8 Å². The summed E-state index contributed by atoms with van der Waals surface area (Å²) in [5.74, 6) is -4.63. The zero-order valence-corrected chi connectivity index (χ0v) is 17.6. The minimum atomic E-state index is -5.13. The molecule has 0 bridgehead atoms. The first-order valence-electron chi connectivity index (χ1n) is 9.20. The molecule has 1 aliphatic rings. The van der Waals surface area contributed by atoms with E-state index in [0.29, 0.717) is 17.2 Å². The number of hydrazone groups is 1. The third-order valence-electron chi connectivity index (χ3n) is 4.43. The number of rotatable bonds is 6. The third kappa shape index (κ3) is 4.64. The monoisotopic (exact) mass is 497 g/mol. The van der Waals surface area contributed by atoms with Crippen LogP contribution in [0.25, 0.3) is 6.08 Å². The predicted molar refractivity (Wildman–Crippen MR) is 108 cm³/mol. The van der Waals surface area contributed by atoms with Crippen LogP contribution in [0.5, 0.6) is 11.5 Å². The fourth-order valence-electron chi connectivity index (χ4n) is 2.99. The smallest absolute Gasteiger partial charge is 0.435 e. The second kappa shape index (κ2) is 9.02. The first-order chi connectivity index (χ1) is 15.8. The molecule has 0 spiro atoms. The summed E-state index contributed by atoms with van der Waals surface area (Å²) in [6, 6.07) is 4.55. The van der Waals surface area contributed by atoms with Gasteiger partial charge in [-0.3, -0.25) is 14.9 Å². The lowest BCUT2D eigenvalue weighted by Gasteiger charge is -2.15. The number of nitro groups is 1. The Hall–Kier alpha value is -4.13. The zero-order chi connectivity index (χ0) is 25.4. The molecule has 2 aromatic carbocycles. The van der Waals surface area contributed by atoms with E-state index >= 15 is 0 Å². The number of hydrogen-bond donors (Lipinski definition) is 0. The van der Waals surface area contributed by atoms with Crippen molar-refractivity contribution in [3.8, 4) is 11.5 Å². The number of carbonyl (C=O) groups is 2. The topological polar surface area (TPSA) is 148 Å². The highest BCUT2D eigenvalue weighted by Gasteiger charge is 2.47. The number of alkyl halides is 3. The van der Waals surface area contributed by atoms with Gasteiger partial charge in [0, 0.05) is 22.4 Å². The Bertz CT molecular complexity index is 1270. The van der Waals surface area contributed by atoms with Gasteiger partial charge >= 0.3 is 6.18 Å². The quantitative estimate of drug-likeness (QED) is 0.338. The van der Waals surface area contributed by atoms with Crippen molar-refractivity contribution in [3.63, 3.8) is 0 Å². The van der Waals surface area contributed by atoms with Gasteiger partial charge in [0.15, 0.2) is 5.71 Å². The summed E-state index contributed by atoms with van der Waals surface area (Å²) in [6.07, 6.45) is -4.47. The second-order valence-corrected chi connectivity index (χ2v) is 7.04. The number of benzene rings is 2. The van der Waals surface area contributed by atoms with E-state index in [1.165, 1.54) is 6.92 Å². The maximum absolute atomic E-state index is 13.7. The van der Waals surface area contributed by atoms with Crippen LogP contribution < -0.4 is 20.0 Å². The molecule has 1 amide bonds. The van der Waals surface area contributed by atoms with E-state index in [0.717, 1.165) is 24.3 Å². The lowest BCUT2D eigenvalue weighted by Crippen LogP contribution is -2.26. The van der Waals surface area contributed by atoms with E-state index in [2.05, 4.69) is 5.10 Å². The van der Waals surface area contributed by atoms with Crippen molar-refractivity contribution >= 4 is 46.6 Å². The summed E-state index contributed by atoms with van der Waals surface area (Å²) in [4.78, 5) is 34.2. The van der Waals surface area contributed by atoms with Gasteiger partial charge in [-0.25, -0.2) is 0 Å². The molecule has 14 heteroatoms. The highest BCUT2D eigenvalue weighted by Crippen LogP contribution is 2.38. The van der Waals surface area contributed by atoms with E-state index in [-0.39, 0.29) is 22.9 Å². The molecule has 0 fully saturated rings. The number of carboxylic acid groups (broad SMARTS) is 1. The van der Waals surface area contributed by atoms with E-state index < -0.39 is 57.0 Å². The number of nitro benzene ring substituents is 1. The molecule has 178 valence electrons. The van der Waals surface area contributed by atoms with Gasteiger partial charge in [0.2, 0.25) is 0 Å². The fraction of sp³-hybridized carbons (Fsp3) is 0.150. The van der Waals surface area contributed by atoms with Crippen LogP contribution in [0, 0.1) is 10.1 Å². The molecule has 0 saturated carbocycles. The normalized spacial score (nSPS) is 15.0. The van der Waals surface area contributed by atoms with E-state index in [1.54, 1.807) is 0 Å². The molecule has 10 nitrogen and oxygen atoms in total. The molecule has 0 radical (unpaired) electrons. The summed E-state index contributed by atoms with van der Waals surface area (Å²) in [6.45, 7) is 1.42. The van der Waals surface area contributed by atoms with Gasteiger partial charge in [-0.15, -0.1) is 0 Å². The summed E-state index contributed by atoms with van der Waals surface area (Å²) in [5, 5.41) is 37.8. The molecular weight excluding hydrogens is 487 g/mol. The van der Waals surface area contributed by atoms with Crippen molar-refractivity contribution in [1.82, 2.24) is 0 Å². The van der Waals surface area contributed by atoms with Gasteiger partial charge in [0.1, 0.15) is 5.75 Å². The highest BCUT2D eigenvalue weighted by molar-refractivity contribution is 6.35. The number of hydrogen-bond acceptors (Lipinski definition) is 8. The van der Waals surface area contributed by atoms with Crippen LogP contribution in [0.2, 0.25) is 5.02 Å². The minimum Gasteiger partial charge on any atom is -0.865 e. The number of aromatic carboxylic acids is 1. The molecule has 0 aliphatic carbocycles. The van der Waals surface area contributed by atoms with Crippen molar-refractivity contribution < 1.29 is 42.6 Å². The Labute approximate surface area is 193 Å². The van der Waals surface area contributed by atoms with Gasteiger partial charge < -0.3 is 19.7 Å². The average molecular weight is 498 g/mol. The number of anilines is 1. The largest absolute Gasteiger partial charge is 0.865 e. The number of amides is 1. The molecule has 0 saturated heterocycles. The van der Waals surface area contributed by atoms with Crippen LogP contribution in [-0.2, 0) is 4.79 Å². The standard InChI is InChI=1S/C20H13ClF3N3O7/c1-2-34-15-7-9(6-14(16(15)28)27(32)33)5-12-17(20(22,23)24)25-26(18(12)29)10-3-4-13(21)11(8-10)19(30)31/h3-8,28H,2H2,1H3,(H,30,31)/p-2/b12-5-. The van der Waals surface area contributed by atoms with Crippen molar-refractivity contribution in [2.45, 2.75) is 13.1 Å². The summed E-state index contributed by atoms with van der Waals surface area (Å²) in [7, 11) is 0. The van der Waals surface area contributed by atoms with Crippen molar-refractivity contribution in [3.05, 3.63) is 62.2 Å². The van der Waals surface area contributed by atoms with Crippen LogP contribution in [0.15, 0.2) is 41.0 Å². The van der Waals surface area contributed by atoms with Crippen LogP contribution in [-0.4, -0.2) is 35.3 Å². The van der Waals surface area contributed by atoms with Crippen LogP contribution in [0.1, 0.15) is 22.8 Å². The molecule has 1 heterocycles. The number of carboxylic acids is 1. The van der Waals surface area contributed by atoms with Crippen molar-refractivity contribution in [1.29, 1.82) is 0 Å². The van der Waals surface area contributed by atoms with E-state index in [9.17, 15) is 43.1 Å². The van der Waals surface area contributed by atoms with Crippen LogP contribution >= 0.6 is 11.6 Å². The van der Waals surface area contributed by atoms with Crippen molar-refractivity contribution in [2.75, 3.05) is 11.6 Å². The average Bonchev–Trinajstić information content (AvgIpc) is 3.07. The van der Waals surface area contributed by atoms with E-state index in [4.69, 9.17) is 16.3 Å².